The van der Waals surface area contributed by atoms with Crippen LogP contribution >= 0.6 is 0 Å². The fourth-order valence-corrected chi connectivity index (χ4v) is 2.53. The average Bonchev–Trinajstić information content (AvgIpc) is 2.64. The summed E-state index contributed by atoms with van der Waals surface area (Å²) in [6.07, 6.45) is 0.768. The van der Waals surface area contributed by atoms with Gasteiger partial charge in [-0.2, -0.15) is 0 Å². The van der Waals surface area contributed by atoms with Crippen LogP contribution in [0.15, 0.2) is 4.52 Å². The van der Waals surface area contributed by atoms with Gasteiger partial charge >= 0.3 is 0 Å². The Labute approximate surface area is 121 Å². The van der Waals surface area contributed by atoms with Crippen molar-refractivity contribution in [3.8, 4) is 0 Å². The van der Waals surface area contributed by atoms with Gasteiger partial charge in [-0.25, -0.2) is 0 Å². The van der Waals surface area contributed by atoms with E-state index >= 15 is 0 Å². The monoisotopic (exact) mass is 281 g/mol. The van der Waals surface area contributed by atoms with Crippen molar-refractivity contribution in [2.24, 2.45) is 17.1 Å². The SMILES string of the molecule is Cc1noc(C)c1C(C)NC(=O)C(CN)CC(C)(C)C. The quantitative estimate of drug-likeness (QED) is 0.868. The molecular formula is C15H27N3O2. The third-order valence-electron chi connectivity index (χ3n) is 3.39. The normalized spacial score (nSPS) is 14.9. The van der Waals surface area contributed by atoms with Crippen molar-refractivity contribution in [2.45, 2.75) is 54.0 Å². The summed E-state index contributed by atoms with van der Waals surface area (Å²) < 4.78 is 5.14. The highest BCUT2D eigenvalue weighted by molar-refractivity contribution is 5.79. The summed E-state index contributed by atoms with van der Waals surface area (Å²) in [6.45, 7) is 12.4. The lowest BCUT2D eigenvalue weighted by Gasteiger charge is -2.25. The Morgan fingerprint density at radius 2 is 2.00 bits per heavy atom. The predicted octanol–water partition coefficient (Wildman–Crippen LogP) is 2.48. The average molecular weight is 281 g/mol. The van der Waals surface area contributed by atoms with Crippen LogP contribution in [0.2, 0.25) is 0 Å². The largest absolute Gasteiger partial charge is 0.361 e. The van der Waals surface area contributed by atoms with Gasteiger partial charge in [-0.15, -0.1) is 0 Å². The van der Waals surface area contributed by atoms with Crippen LogP contribution in [0, 0.1) is 25.2 Å². The maximum absolute atomic E-state index is 12.3. The van der Waals surface area contributed by atoms with E-state index in [-0.39, 0.29) is 23.3 Å². The minimum absolute atomic E-state index is 0.00470. The molecule has 0 spiro atoms. The summed E-state index contributed by atoms with van der Waals surface area (Å²) in [5.41, 5.74) is 7.58. The third-order valence-corrected chi connectivity index (χ3v) is 3.39. The number of amides is 1. The highest BCUT2D eigenvalue weighted by atomic mass is 16.5. The van der Waals surface area contributed by atoms with E-state index in [0.29, 0.717) is 6.54 Å². The fraction of sp³-hybridized carbons (Fsp3) is 0.733. The van der Waals surface area contributed by atoms with Gasteiger partial charge in [0.15, 0.2) is 0 Å². The molecule has 1 aromatic rings. The molecule has 0 saturated carbocycles. The number of rotatable bonds is 5. The molecule has 20 heavy (non-hydrogen) atoms. The molecule has 5 heteroatoms. The van der Waals surface area contributed by atoms with Gasteiger partial charge in [-0.1, -0.05) is 25.9 Å². The van der Waals surface area contributed by atoms with E-state index in [1.807, 2.05) is 20.8 Å². The van der Waals surface area contributed by atoms with Crippen molar-refractivity contribution in [2.75, 3.05) is 6.54 Å². The molecule has 0 aromatic carbocycles. The van der Waals surface area contributed by atoms with Crippen LogP contribution in [0.3, 0.4) is 0 Å². The first-order valence-electron chi connectivity index (χ1n) is 7.09. The Balaban J connectivity index is 2.74. The smallest absolute Gasteiger partial charge is 0.224 e. The van der Waals surface area contributed by atoms with Crippen LogP contribution in [0.4, 0.5) is 0 Å². The van der Waals surface area contributed by atoms with E-state index in [2.05, 4.69) is 31.2 Å². The molecule has 2 atom stereocenters. The molecule has 5 nitrogen and oxygen atoms in total. The molecule has 0 bridgehead atoms. The van der Waals surface area contributed by atoms with E-state index in [9.17, 15) is 4.79 Å². The second kappa shape index (κ2) is 6.39. The van der Waals surface area contributed by atoms with Crippen LogP contribution in [-0.4, -0.2) is 17.6 Å². The Bertz CT molecular complexity index is 441. The topological polar surface area (TPSA) is 81.2 Å². The first-order valence-corrected chi connectivity index (χ1v) is 7.09. The minimum Gasteiger partial charge on any atom is -0.361 e. The molecule has 0 fully saturated rings. The summed E-state index contributed by atoms with van der Waals surface area (Å²) in [4.78, 5) is 12.3. The maximum Gasteiger partial charge on any atom is 0.224 e. The predicted molar refractivity (Wildman–Crippen MR) is 79.2 cm³/mol. The van der Waals surface area contributed by atoms with E-state index in [1.165, 1.54) is 0 Å². The summed E-state index contributed by atoms with van der Waals surface area (Å²) in [5, 5.41) is 6.94. The first-order chi connectivity index (χ1) is 9.15. The molecule has 2 unspecified atom stereocenters. The van der Waals surface area contributed by atoms with E-state index < -0.39 is 0 Å². The molecule has 1 heterocycles. The summed E-state index contributed by atoms with van der Waals surface area (Å²) in [6, 6.07) is -0.122. The Morgan fingerprint density at radius 1 is 1.40 bits per heavy atom. The Hall–Kier alpha value is -1.36. The van der Waals surface area contributed by atoms with Gasteiger partial charge in [0.05, 0.1) is 17.7 Å². The number of nitrogens with two attached hydrogens (primary N) is 1. The summed E-state index contributed by atoms with van der Waals surface area (Å²) >= 11 is 0. The van der Waals surface area contributed by atoms with Gasteiger partial charge in [0, 0.05) is 12.1 Å². The molecule has 0 aliphatic rings. The highest BCUT2D eigenvalue weighted by Gasteiger charge is 2.26. The molecule has 0 aliphatic carbocycles. The van der Waals surface area contributed by atoms with Crippen LogP contribution in [0.5, 0.6) is 0 Å². The number of hydrogen-bond acceptors (Lipinski definition) is 4. The minimum atomic E-state index is -0.169. The second-order valence-corrected chi connectivity index (χ2v) is 6.67. The number of aromatic nitrogens is 1. The van der Waals surface area contributed by atoms with E-state index in [4.69, 9.17) is 10.3 Å². The number of hydrogen-bond donors (Lipinski definition) is 2. The third kappa shape index (κ3) is 4.34. The molecular weight excluding hydrogens is 254 g/mol. The highest BCUT2D eigenvalue weighted by Crippen LogP contribution is 2.26. The van der Waals surface area contributed by atoms with Gasteiger partial charge in [-0.3, -0.25) is 4.79 Å². The maximum atomic E-state index is 12.3. The zero-order valence-electron chi connectivity index (χ0n) is 13.4. The van der Waals surface area contributed by atoms with Crippen molar-refractivity contribution in [1.29, 1.82) is 0 Å². The number of nitrogens with one attached hydrogen (secondary N) is 1. The zero-order valence-corrected chi connectivity index (χ0v) is 13.4. The lowest BCUT2D eigenvalue weighted by Crippen LogP contribution is -2.38. The van der Waals surface area contributed by atoms with Gasteiger partial charge in [0.25, 0.3) is 0 Å². The van der Waals surface area contributed by atoms with E-state index in [1.54, 1.807) is 0 Å². The van der Waals surface area contributed by atoms with Crippen LogP contribution in [-0.2, 0) is 4.79 Å². The Morgan fingerprint density at radius 3 is 2.40 bits per heavy atom. The van der Waals surface area contributed by atoms with Crippen LogP contribution < -0.4 is 11.1 Å². The molecule has 0 radical (unpaired) electrons. The molecule has 114 valence electrons. The Kier molecular flexibility index (Phi) is 5.34. The molecule has 1 rings (SSSR count). The summed E-state index contributed by atoms with van der Waals surface area (Å²) in [5.74, 6) is 0.572. The van der Waals surface area contributed by atoms with E-state index in [0.717, 1.165) is 23.4 Å². The van der Waals surface area contributed by atoms with Crippen LogP contribution in [0.25, 0.3) is 0 Å². The van der Waals surface area contributed by atoms with Gasteiger partial charge in [0.1, 0.15) is 5.76 Å². The van der Waals surface area contributed by atoms with Gasteiger partial charge in [0.2, 0.25) is 5.91 Å². The van der Waals surface area contributed by atoms with Crippen molar-refractivity contribution >= 4 is 5.91 Å². The second-order valence-electron chi connectivity index (χ2n) is 6.67. The number of carbonyl (C=O) groups excluding carboxylic acids is 1. The molecule has 3 N–H and O–H groups in total. The van der Waals surface area contributed by atoms with Gasteiger partial charge in [-0.05, 0) is 32.6 Å². The number of aryl methyl sites for hydroxylation is 2. The van der Waals surface area contributed by atoms with Crippen molar-refractivity contribution in [3.63, 3.8) is 0 Å². The van der Waals surface area contributed by atoms with Crippen LogP contribution in [0.1, 0.15) is 57.2 Å². The molecule has 0 aliphatic heterocycles. The van der Waals surface area contributed by atoms with Crippen molar-refractivity contribution < 1.29 is 9.32 Å². The summed E-state index contributed by atoms with van der Waals surface area (Å²) in [7, 11) is 0. The van der Waals surface area contributed by atoms with Crippen molar-refractivity contribution in [3.05, 3.63) is 17.0 Å². The lowest BCUT2D eigenvalue weighted by molar-refractivity contribution is -0.126. The lowest BCUT2D eigenvalue weighted by atomic mass is 9.84. The molecule has 0 saturated heterocycles. The standard InChI is InChI=1S/C15H27N3O2/c1-9(13-10(2)18-20-11(13)3)17-14(19)12(8-16)7-15(4,5)6/h9,12H,7-8,16H2,1-6H3,(H,17,19). The van der Waals surface area contributed by atoms with Crippen molar-refractivity contribution in [1.82, 2.24) is 10.5 Å². The fourth-order valence-electron chi connectivity index (χ4n) is 2.53. The molecule has 1 aromatic heterocycles. The number of nitrogens with zero attached hydrogens (tertiary/aromatic N) is 1. The van der Waals surface area contributed by atoms with Gasteiger partial charge < -0.3 is 15.6 Å². The molecule has 1 amide bonds. The zero-order chi connectivity index (χ0) is 15.5. The first kappa shape index (κ1) is 16.7. The number of carbonyl (C=O) groups is 1.